The summed E-state index contributed by atoms with van der Waals surface area (Å²) in [6.07, 6.45) is 0. The summed E-state index contributed by atoms with van der Waals surface area (Å²) in [4.78, 5) is 0. The van der Waals surface area contributed by atoms with Crippen LogP contribution in [0.15, 0.2) is 48.5 Å². The standard InChI is InChI=1S/C24H26O6/c1-26-16-10-11-17(21(13-16)28-3)19-12-15(14-25)23(29-4)22(24(19)30-5)18-8-6-7-9-20(18)27-2/h6-13,25H,14H2,1-5H3. The van der Waals surface area contributed by atoms with Crippen LogP contribution in [0.5, 0.6) is 28.7 Å². The van der Waals surface area contributed by atoms with Crippen molar-refractivity contribution in [3.05, 3.63) is 54.1 Å². The van der Waals surface area contributed by atoms with Crippen LogP contribution in [0.3, 0.4) is 0 Å². The molecule has 3 aromatic rings. The highest BCUT2D eigenvalue weighted by molar-refractivity contribution is 5.91. The normalized spacial score (nSPS) is 10.5. The average Bonchev–Trinajstić information content (AvgIpc) is 2.81. The van der Waals surface area contributed by atoms with Gasteiger partial charge in [-0.3, -0.25) is 0 Å². The molecule has 0 unspecified atom stereocenters. The van der Waals surface area contributed by atoms with Crippen molar-refractivity contribution in [2.45, 2.75) is 6.61 Å². The summed E-state index contributed by atoms with van der Waals surface area (Å²) < 4.78 is 28.1. The second kappa shape index (κ2) is 9.41. The highest BCUT2D eigenvalue weighted by Gasteiger charge is 2.25. The summed E-state index contributed by atoms with van der Waals surface area (Å²) >= 11 is 0. The van der Waals surface area contributed by atoms with Crippen LogP contribution in [0.4, 0.5) is 0 Å². The molecule has 0 spiro atoms. The van der Waals surface area contributed by atoms with Gasteiger partial charge in [-0.1, -0.05) is 18.2 Å². The lowest BCUT2D eigenvalue weighted by atomic mass is 9.92. The third-order valence-corrected chi connectivity index (χ3v) is 4.96. The molecule has 0 aliphatic heterocycles. The Morgan fingerprint density at radius 2 is 1.33 bits per heavy atom. The number of aliphatic hydroxyl groups is 1. The maximum atomic E-state index is 10.1. The van der Waals surface area contributed by atoms with E-state index < -0.39 is 0 Å². The minimum absolute atomic E-state index is 0.208. The smallest absolute Gasteiger partial charge is 0.138 e. The Labute approximate surface area is 176 Å². The van der Waals surface area contributed by atoms with Crippen molar-refractivity contribution in [1.82, 2.24) is 0 Å². The molecule has 0 bridgehead atoms. The zero-order chi connectivity index (χ0) is 21.7. The summed E-state index contributed by atoms with van der Waals surface area (Å²) in [6.45, 7) is -0.208. The molecule has 0 aliphatic rings. The fourth-order valence-electron chi connectivity index (χ4n) is 3.58. The molecule has 6 nitrogen and oxygen atoms in total. The van der Waals surface area contributed by atoms with Crippen molar-refractivity contribution in [3.63, 3.8) is 0 Å². The second-order valence-corrected chi connectivity index (χ2v) is 6.45. The first-order valence-electron chi connectivity index (χ1n) is 9.37. The number of hydrogen-bond acceptors (Lipinski definition) is 6. The van der Waals surface area contributed by atoms with Crippen LogP contribution >= 0.6 is 0 Å². The Balaban J connectivity index is 2.42. The summed E-state index contributed by atoms with van der Waals surface area (Å²) in [5, 5.41) is 10.1. The van der Waals surface area contributed by atoms with Gasteiger partial charge in [-0.2, -0.15) is 0 Å². The molecule has 3 rings (SSSR count). The SMILES string of the molecule is COc1ccc(-c2cc(CO)c(OC)c(-c3ccccc3OC)c2OC)c(OC)c1. The maximum Gasteiger partial charge on any atom is 0.138 e. The predicted molar refractivity (Wildman–Crippen MR) is 116 cm³/mol. The first kappa shape index (κ1) is 21.3. The van der Waals surface area contributed by atoms with Crippen LogP contribution in [0.1, 0.15) is 5.56 Å². The molecule has 0 aliphatic carbocycles. The number of ether oxygens (including phenoxy) is 5. The second-order valence-electron chi connectivity index (χ2n) is 6.45. The minimum atomic E-state index is -0.208. The van der Waals surface area contributed by atoms with Gasteiger partial charge in [0.15, 0.2) is 0 Å². The first-order valence-corrected chi connectivity index (χ1v) is 9.37. The topological polar surface area (TPSA) is 66.4 Å². The maximum absolute atomic E-state index is 10.1. The molecule has 0 saturated carbocycles. The van der Waals surface area contributed by atoms with Gasteiger partial charge < -0.3 is 28.8 Å². The van der Waals surface area contributed by atoms with Gasteiger partial charge >= 0.3 is 0 Å². The number of rotatable bonds is 8. The van der Waals surface area contributed by atoms with Gasteiger partial charge in [0.25, 0.3) is 0 Å². The molecule has 0 fully saturated rings. The van der Waals surface area contributed by atoms with Gasteiger partial charge in [0.1, 0.15) is 28.7 Å². The van der Waals surface area contributed by atoms with Crippen LogP contribution in [-0.4, -0.2) is 40.7 Å². The number of hydrogen-bond donors (Lipinski definition) is 1. The summed E-state index contributed by atoms with van der Waals surface area (Å²) in [6, 6.07) is 15.0. The fraction of sp³-hybridized carbons (Fsp3) is 0.250. The van der Waals surface area contributed by atoms with E-state index in [4.69, 9.17) is 23.7 Å². The van der Waals surface area contributed by atoms with Crippen molar-refractivity contribution >= 4 is 0 Å². The van der Waals surface area contributed by atoms with E-state index in [2.05, 4.69) is 0 Å². The summed E-state index contributed by atoms with van der Waals surface area (Å²) in [7, 11) is 7.99. The molecule has 158 valence electrons. The Morgan fingerprint density at radius 1 is 0.633 bits per heavy atom. The van der Waals surface area contributed by atoms with Crippen molar-refractivity contribution in [2.24, 2.45) is 0 Å². The third kappa shape index (κ3) is 3.74. The van der Waals surface area contributed by atoms with E-state index in [1.165, 1.54) is 0 Å². The number of benzene rings is 3. The molecule has 30 heavy (non-hydrogen) atoms. The molecule has 1 N–H and O–H groups in total. The van der Waals surface area contributed by atoms with Gasteiger partial charge in [0.2, 0.25) is 0 Å². The minimum Gasteiger partial charge on any atom is -0.497 e. The summed E-state index contributed by atoms with van der Waals surface area (Å²) in [5.41, 5.74) is 3.65. The first-order chi connectivity index (χ1) is 14.6. The van der Waals surface area contributed by atoms with E-state index in [9.17, 15) is 5.11 Å². The Morgan fingerprint density at radius 3 is 1.93 bits per heavy atom. The zero-order valence-electron chi connectivity index (χ0n) is 17.8. The quantitative estimate of drug-likeness (QED) is 0.587. The van der Waals surface area contributed by atoms with Crippen molar-refractivity contribution < 1.29 is 28.8 Å². The van der Waals surface area contributed by atoms with Crippen molar-refractivity contribution in [1.29, 1.82) is 0 Å². The van der Waals surface area contributed by atoms with Gasteiger partial charge in [-0.15, -0.1) is 0 Å². The van der Waals surface area contributed by atoms with Crippen LogP contribution in [-0.2, 0) is 6.61 Å². The highest BCUT2D eigenvalue weighted by atomic mass is 16.5. The van der Waals surface area contributed by atoms with E-state index in [1.54, 1.807) is 41.6 Å². The summed E-state index contributed by atoms with van der Waals surface area (Å²) in [5.74, 6) is 3.06. The highest BCUT2D eigenvalue weighted by Crippen LogP contribution is 2.51. The molecule has 0 aromatic heterocycles. The number of para-hydroxylation sites is 1. The predicted octanol–water partition coefficient (Wildman–Crippen LogP) is 4.56. The van der Waals surface area contributed by atoms with E-state index in [-0.39, 0.29) is 6.61 Å². The molecule has 0 amide bonds. The Kier molecular flexibility index (Phi) is 6.69. The molecule has 0 atom stereocenters. The van der Waals surface area contributed by atoms with E-state index >= 15 is 0 Å². The van der Waals surface area contributed by atoms with Gasteiger partial charge in [-0.25, -0.2) is 0 Å². The lowest BCUT2D eigenvalue weighted by Gasteiger charge is -2.22. The number of aliphatic hydroxyl groups excluding tert-OH is 1. The van der Waals surface area contributed by atoms with Crippen molar-refractivity contribution in [3.8, 4) is 51.0 Å². The fourth-order valence-corrected chi connectivity index (χ4v) is 3.58. The van der Waals surface area contributed by atoms with Gasteiger partial charge in [0, 0.05) is 28.3 Å². The Hall–Kier alpha value is -3.38. The molecular weight excluding hydrogens is 384 g/mol. The van der Waals surface area contributed by atoms with Crippen LogP contribution in [0.2, 0.25) is 0 Å². The Bertz CT molecular complexity index is 1030. The van der Waals surface area contributed by atoms with Crippen LogP contribution in [0.25, 0.3) is 22.3 Å². The van der Waals surface area contributed by atoms with Crippen LogP contribution in [0, 0.1) is 0 Å². The molecule has 0 heterocycles. The molecular formula is C24H26O6. The lowest BCUT2D eigenvalue weighted by molar-refractivity contribution is 0.273. The molecule has 3 aromatic carbocycles. The largest absolute Gasteiger partial charge is 0.497 e. The average molecular weight is 410 g/mol. The number of methoxy groups -OCH3 is 5. The van der Waals surface area contributed by atoms with Crippen molar-refractivity contribution in [2.75, 3.05) is 35.5 Å². The molecule has 0 radical (unpaired) electrons. The molecule has 0 saturated heterocycles. The van der Waals surface area contributed by atoms with E-state index in [0.29, 0.717) is 39.9 Å². The zero-order valence-corrected chi connectivity index (χ0v) is 17.8. The lowest BCUT2D eigenvalue weighted by Crippen LogP contribution is -2.02. The van der Waals surface area contributed by atoms with Gasteiger partial charge in [-0.05, 0) is 24.3 Å². The monoisotopic (exact) mass is 410 g/mol. The van der Waals surface area contributed by atoms with E-state index in [0.717, 1.165) is 16.7 Å². The third-order valence-electron chi connectivity index (χ3n) is 4.96. The molecule has 6 heteroatoms. The van der Waals surface area contributed by atoms with E-state index in [1.807, 2.05) is 42.5 Å². The van der Waals surface area contributed by atoms with Crippen LogP contribution < -0.4 is 23.7 Å². The van der Waals surface area contributed by atoms with Gasteiger partial charge in [0.05, 0.1) is 47.7 Å².